The molecule has 0 heterocycles. The van der Waals surface area contributed by atoms with Crippen molar-refractivity contribution in [2.24, 2.45) is 0 Å². The molecule has 0 aliphatic heterocycles. The number of nitriles is 1. The molecule has 1 N–H and O–H groups in total. The molecule has 11 heavy (non-hydrogen) atoms. The lowest BCUT2D eigenvalue weighted by atomic mass is 10.3. The van der Waals surface area contributed by atoms with Gasteiger partial charge in [-0.3, -0.25) is 4.79 Å². The van der Waals surface area contributed by atoms with Gasteiger partial charge >= 0.3 is 0 Å². The largest absolute Gasteiger partial charge is 0.329 e. The molecule has 0 aliphatic carbocycles. The Morgan fingerprint density at radius 1 is 1.27 bits per heavy atom. The van der Waals surface area contributed by atoms with Crippen LogP contribution in [0.3, 0.4) is 0 Å². The predicted molar refractivity (Wildman–Crippen MR) is 42.8 cm³/mol. The van der Waals surface area contributed by atoms with Gasteiger partial charge in [0.25, 0.3) is 0 Å². The van der Waals surface area contributed by atoms with Gasteiger partial charge in [0.05, 0.1) is 0 Å². The van der Waals surface area contributed by atoms with Crippen molar-refractivity contribution in [2.75, 3.05) is 5.32 Å². The molecule has 1 aromatic rings. The first-order valence-electron chi connectivity index (χ1n) is 2.94. The van der Waals surface area contributed by atoms with E-state index in [1.54, 1.807) is 0 Å². The van der Waals surface area contributed by atoms with Gasteiger partial charge < -0.3 is 5.32 Å². The van der Waals surface area contributed by atoms with Crippen LogP contribution in [0.1, 0.15) is 0 Å². The Balaban J connectivity index is 0.000000461. The second kappa shape index (κ2) is 6.30. The summed E-state index contributed by atoms with van der Waals surface area (Å²) in [5, 5.41) is 9.03. The van der Waals surface area contributed by atoms with Gasteiger partial charge in [-0.15, -0.1) is 0 Å². The molecule has 0 radical (unpaired) electrons. The van der Waals surface area contributed by atoms with E-state index in [4.69, 9.17) is 5.26 Å². The molecular weight excluding hydrogens is 140 g/mol. The third-order valence-electron chi connectivity index (χ3n) is 0.999. The lowest BCUT2D eigenvalue weighted by Crippen LogP contribution is -1.91. The Morgan fingerprint density at radius 2 is 1.82 bits per heavy atom. The summed E-state index contributed by atoms with van der Waals surface area (Å²) in [7, 11) is 0. The highest BCUT2D eigenvalue weighted by Gasteiger charge is 1.81. The van der Waals surface area contributed by atoms with E-state index in [1.165, 1.54) is 0 Å². The fourth-order valence-corrected chi connectivity index (χ4v) is 0.602. The Bertz CT molecular complexity index is 218. The molecule has 0 fully saturated rings. The average Bonchev–Trinajstić information content (AvgIpc) is 2.11. The van der Waals surface area contributed by atoms with E-state index in [1.807, 2.05) is 30.3 Å². The molecular formula is C8H8N2O. The van der Waals surface area contributed by atoms with E-state index in [0.717, 1.165) is 5.69 Å². The van der Waals surface area contributed by atoms with Crippen molar-refractivity contribution in [3.05, 3.63) is 30.3 Å². The van der Waals surface area contributed by atoms with Crippen LogP contribution in [0.25, 0.3) is 0 Å². The van der Waals surface area contributed by atoms with Gasteiger partial charge in [-0.25, -0.2) is 5.26 Å². The minimum absolute atomic E-state index is 0.662. The molecule has 56 valence electrons. The first-order chi connectivity index (χ1) is 5.43. The third kappa shape index (κ3) is 3.71. The predicted octanol–water partition coefficient (Wildman–Crippen LogP) is 1.39. The van der Waals surface area contributed by atoms with Crippen LogP contribution in [0, 0.1) is 11.8 Å². The van der Waals surface area contributed by atoms with E-state index in [0.29, 0.717) is 6.41 Å². The van der Waals surface area contributed by atoms with E-state index < -0.39 is 0 Å². The smallest absolute Gasteiger partial charge is 0.211 e. The number of benzene rings is 1. The Morgan fingerprint density at radius 3 is 2.27 bits per heavy atom. The lowest BCUT2D eigenvalue weighted by Gasteiger charge is -1.93. The van der Waals surface area contributed by atoms with Gasteiger partial charge in [-0.2, -0.15) is 0 Å². The number of nitrogens with one attached hydrogen (secondary N) is 1. The van der Waals surface area contributed by atoms with Crippen molar-refractivity contribution in [3.63, 3.8) is 0 Å². The van der Waals surface area contributed by atoms with Crippen molar-refractivity contribution in [3.8, 4) is 6.57 Å². The van der Waals surface area contributed by atoms with Crippen LogP contribution in [0.4, 0.5) is 5.69 Å². The van der Waals surface area contributed by atoms with Crippen LogP contribution in [0.15, 0.2) is 30.3 Å². The first kappa shape index (κ1) is 9.18. The SMILES string of the molecule is C#N.O=CNc1ccccc1. The number of para-hydroxylation sites is 1. The quantitative estimate of drug-likeness (QED) is 0.644. The van der Waals surface area contributed by atoms with Gasteiger partial charge in [0.1, 0.15) is 0 Å². The average molecular weight is 148 g/mol. The molecule has 0 aromatic heterocycles. The number of nitrogens with zero attached hydrogens (tertiary/aromatic N) is 1. The number of rotatable bonds is 2. The topological polar surface area (TPSA) is 52.9 Å². The van der Waals surface area contributed by atoms with E-state index >= 15 is 0 Å². The summed E-state index contributed by atoms with van der Waals surface area (Å²) >= 11 is 0. The van der Waals surface area contributed by atoms with Crippen molar-refractivity contribution in [1.82, 2.24) is 0 Å². The van der Waals surface area contributed by atoms with Crippen LogP contribution >= 0.6 is 0 Å². The van der Waals surface area contributed by atoms with E-state index in [9.17, 15) is 4.79 Å². The summed E-state index contributed by atoms with van der Waals surface area (Å²) < 4.78 is 0. The van der Waals surface area contributed by atoms with Gasteiger partial charge in [-0.05, 0) is 12.1 Å². The Hall–Kier alpha value is -1.82. The minimum atomic E-state index is 0.662. The van der Waals surface area contributed by atoms with Crippen molar-refractivity contribution >= 4 is 12.1 Å². The zero-order chi connectivity index (χ0) is 8.53. The molecule has 0 unspecified atom stereocenters. The molecule has 1 amide bonds. The maximum Gasteiger partial charge on any atom is 0.211 e. The van der Waals surface area contributed by atoms with Crippen LogP contribution < -0.4 is 5.32 Å². The second-order valence-corrected chi connectivity index (χ2v) is 1.63. The Kier molecular flexibility index (Phi) is 5.26. The molecule has 1 rings (SSSR count). The summed E-state index contributed by atoms with van der Waals surface area (Å²) in [5.41, 5.74) is 0.826. The van der Waals surface area contributed by atoms with Crippen LogP contribution in [-0.4, -0.2) is 6.41 Å². The molecule has 0 bridgehead atoms. The molecule has 0 spiro atoms. The van der Waals surface area contributed by atoms with Gasteiger partial charge in [0.2, 0.25) is 6.41 Å². The van der Waals surface area contributed by atoms with Crippen molar-refractivity contribution in [2.45, 2.75) is 0 Å². The second-order valence-electron chi connectivity index (χ2n) is 1.63. The van der Waals surface area contributed by atoms with E-state index in [2.05, 4.69) is 11.9 Å². The number of hydrogen-bond donors (Lipinski definition) is 1. The number of carbonyl (C=O) groups excluding carboxylic acids is 1. The molecule has 0 atom stereocenters. The number of carbonyl (C=O) groups is 1. The number of hydrogen-bond acceptors (Lipinski definition) is 2. The van der Waals surface area contributed by atoms with Crippen LogP contribution in [0.2, 0.25) is 0 Å². The maximum absolute atomic E-state index is 9.86. The maximum atomic E-state index is 9.86. The fraction of sp³-hybridized carbons (Fsp3) is 0. The molecule has 0 saturated carbocycles. The lowest BCUT2D eigenvalue weighted by molar-refractivity contribution is -0.105. The van der Waals surface area contributed by atoms with Crippen molar-refractivity contribution in [1.29, 1.82) is 5.26 Å². The van der Waals surface area contributed by atoms with Crippen LogP contribution in [0.5, 0.6) is 0 Å². The molecule has 0 saturated heterocycles. The number of anilines is 1. The summed E-state index contributed by atoms with van der Waals surface area (Å²) in [6.07, 6.45) is 0.662. The monoisotopic (exact) mass is 148 g/mol. The first-order valence-corrected chi connectivity index (χ1v) is 2.94. The standard InChI is InChI=1S/C7H7NO.CHN/c9-6-8-7-4-2-1-3-5-7;1-2/h1-6H,(H,8,9);1H. The molecule has 3 heteroatoms. The molecule has 3 nitrogen and oxygen atoms in total. The fourth-order valence-electron chi connectivity index (χ4n) is 0.602. The number of amides is 1. The summed E-state index contributed by atoms with van der Waals surface area (Å²) in [6.45, 7) is 3.50. The summed E-state index contributed by atoms with van der Waals surface area (Å²) in [5.74, 6) is 0. The zero-order valence-corrected chi connectivity index (χ0v) is 5.90. The van der Waals surface area contributed by atoms with Crippen LogP contribution in [-0.2, 0) is 4.79 Å². The van der Waals surface area contributed by atoms with E-state index in [-0.39, 0.29) is 0 Å². The van der Waals surface area contributed by atoms with Crippen molar-refractivity contribution < 1.29 is 4.79 Å². The Labute approximate surface area is 65.3 Å². The zero-order valence-electron chi connectivity index (χ0n) is 5.90. The third-order valence-corrected chi connectivity index (χ3v) is 0.999. The highest BCUT2D eigenvalue weighted by atomic mass is 16.1. The molecule has 1 aromatic carbocycles. The van der Waals surface area contributed by atoms with Gasteiger partial charge in [-0.1, -0.05) is 18.2 Å². The summed E-state index contributed by atoms with van der Waals surface area (Å²) in [6, 6.07) is 9.29. The minimum Gasteiger partial charge on any atom is -0.329 e. The van der Waals surface area contributed by atoms with Gasteiger partial charge in [0, 0.05) is 12.3 Å². The highest BCUT2D eigenvalue weighted by Crippen LogP contribution is 2.01. The normalized spacial score (nSPS) is 7.09. The molecule has 0 aliphatic rings. The van der Waals surface area contributed by atoms with Gasteiger partial charge in [0.15, 0.2) is 0 Å². The summed E-state index contributed by atoms with van der Waals surface area (Å²) in [4.78, 5) is 9.86. The highest BCUT2D eigenvalue weighted by molar-refractivity contribution is 5.70.